The minimum absolute atomic E-state index is 0.942. The predicted molar refractivity (Wildman–Crippen MR) is 207 cm³/mol. The first-order chi connectivity index (χ1) is 24.8. The third-order valence-corrected chi connectivity index (χ3v) is 9.76. The third-order valence-electron chi connectivity index (χ3n) is 9.76. The summed E-state index contributed by atoms with van der Waals surface area (Å²) in [4.78, 5) is 9.99. The molecule has 0 spiro atoms. The van der Waals surface area contributed by atoms with E-state index in [4.69, 9.17) is 9.97 Å². The van der Waals surface area contributed by atoms with Gasteiger partial charge >= 0.3 is 0 Å². The van der Waals surface area contributed by atoms with Crippen LogP contribution in [0.4, 0.5) is 0 Å². The van der Waals surface area contributed by atoms with Crippen LogP contribution in [-0.4, -0.2) is 19.1 Å². The highest BCUT2D eigenvalue weighted by Gasteiger charge is 2.18. The minimum Gasteiger partial charge on any atom is -0.309 e. The summed E-state index contributed by atoms with van der Waals surface area (Å²) in [5.74, 6) is 0. The SMILES string of the molecule is c1ccc(-c2cc(-n3c4ccccc4c4ccc(-c5ccc6c7cccnc7n(-c7ccccc7)c6c5)cc43)cc(-c3ccccc3)n2)cc1. The van der Waals surface area contributed by atoms with Gasteiger partial charge < -0.3 is 4.57 Å². The normalized spacial score (nSPS) is 11.6. The quantitative estimate of drug-likeness (QED) is 0.188. The van der Waals surface area contributed by atoms with E-state index >= 15 is 0 Å². The van der Waals surface area contributed by atoms with Crippen LogP contribution in [0.2, 0.25) is 0 Å². The van der Waals surface area contributed by atoms with Crippen LogP contribution in [0, 0.1) is 0 Å². The van der Waals surface area contributed by atoms with E-state index < -0.39 is 0 Å². The zero-order chi connectivity index (χ0) is 33.0. The van der Waals surface area contributed by atoms with Crippen molar-refractivity contribution in [3.05, 3.63) is 182 Å². The maximum atomic E-state index is 5.17. The largest absolute Gasteiger partial charge is 0.309 e. The van der Waals surface area contributed by atoms with Gasteiger partial charge in [-0.1, -0.05) is 121 Å². The van der Waals surface area contributed by atoms with E-state index in [0.29, 0.717) is 0 Å². The smallest absolute Gasteiger partial charge is 0.145 e. The summed E-state index contributed by atoms with van der Waals surface area (Å²) in [7, 11) is 0. The lowest BCUT2D eigenvalue weighted by molar-refractivity contribution is 1.14. The highest BCUT2D eigenvalue weighted by molar-refractivity contribution is 6.11. The van der Waals surface area contributed by atoms with Crippen molar-refractivity contribution in [3.63, 3.8) is 0 Å². The standard InChI is InChI=1S/C46H30N4/c1-4-13-31(14-5-1)41-29-36(30-42(48-41)32-15-6-2-7-16-32)49-43-21-11-10-19-37(43)38-24-22-33(27-44(38)49)34-23-25-39-40-20-12-26-47-46(40)50(45(39)28-34)35-17-8-3-9-18-35/h1-30H. The molecule has 0 fully saturated rings. The molecule has 4 heterocycles. The first-order valence-electron chi connectivity index (χ1n) is 16.9. The molecule has 0 saturated carbocycles. The Labute approximate surface area is 289 Å². The molecule has 0 atom stereocenters. The van der Waals surface area contributed by atoms with Crippen molar-refractivity contribution in [2.24, 2.45) is 0 Å². The maximum Gasteiger partial charge on any atom is 0.145 e. The van der Waals surface area contributed by atoms with Crippen LogP contribution in [0.15, 0.2) is 182 Å². The van der Waals surface area contributed by atoms with Crippen molar-refractivity contribution < 1.29 is 0 Å². The molecule has 4 aromatic heterocycles. The van der Waals surface area contributed by atoms with Gasteiger partial charge in [-0.05, 0) is 65.7 Å². The Bertz CT molecular complexity index is 2790. The fourth-order valence-electron chi connectivity index (χ4n) is 7.45. The van der Waals surface area contributed by atoms with Crippen LogP contribution >= 0.6 is 0 Å². The van der Waals surface area contributed by atoms with Crippen molar-refractivity contribution >= 4 is 43.7 Å². The Balaban J connectivity index is 1.22. The Morgan fingerprint density at radius 1 is 0.340 bits per heavy atom. The molecule has 0 saturated heterocycles. The van der Waals surface area contributed by atoms with Crippen molar-refractivity contribution in [2.45, 2.75) is 0 Å². The van der Waals surface area contributed by atoms with E-state index in [1.165, 1.54) is 16.2 Å². The van der Waals surface area contributed by atoms with E-state index in [1.54, 1.807) is 0 Å². The molecule has 0 amide bonds. The topological polar surface area (TPSA) is 35.6 Å². The molecule has 0 bridgehead atoms. The van der Waals surface area contributed by atoms with Crippen molar-refractivity contribution in [1.82, 2.24) is 19.1 Å². The van der Waals surface area contributed by atoms with Crippen LogP contribution in [0.1, 0.15) is 0 Å². The number of fused-ring (bicyclic) bond motifs is 6. The second-order valence-electron chi connectivity index (χ2n) is 12.7. The summed E-state index contributed by atoms with van der Waals surface area (Å²) >= 11 is 0. The van der Waals surface area contributed by atoms with Crippen LogP contribution in [0.25, 0.3) is 88.8 Å². The molecular weight excluding hydrogens is 609 g/mol. The zero-order valence-electron chi connectivity index (χ0n) is 27.1. The number of benzene rings is 6. The van der Waals surface area contributed by atoms with Gasteiger partial charge in [0.1, 0.15) is 5.65 Å². The van der Waals surface area contributed by atoms with Gasteiger partial charge in [-0.2, -0.15) is 0 Å². The van der Waals surface area contributed by atoms with Gasteiger partial charge in [0, 0.05) is 44.6 Å². The van der Waals surface area contributed by atoms with E-state index in [0.717, 1.165) is 72.6 Å². The molecular formula is C46H30N4. The average Bonchev–Trinajstić information content (AvgIpc) is 3.71. The van der Waals surface area contributed by atoms with E-state index in [2.05, 4.69) is 167 Å². The van der Waals surface area contributed by atoms with Gasteiger partial charge in [0.15, 0.2) is 0 Å². The molecule has 4 nitrogen and oxygen atoms in total. The minimum atomic E-state index is 0.942. The van der Waals surface area contributed by atoms with Crippen LogP contribution in [-0.2, 0) is 0 Å². The van der Waals surface area contributed by atoms with E-state index in [-0.39, 0.29) is 0 Å². The van der Waals surface area contributed by atoms with Gasteiger partial charge in [-0.3, -0.25) is 4.57 Å². The number of nitrogens with zero attached hydrogens (tertiary/aromatic N) is 4. The monoisotopic (exact) mass is 638 g/mol. The number of pyridine rings is 2. The number of hydrogen-bond acceptors (Lipinski definition) is 2. The summed E-state index contributed by atoms with van der Waals surface area (Å²) < 4.78 is 4.68. The second kappa shape index (κ2) is 11.4. The molecule has 234 valence electrons. The Morgan fingerprint density at radius 2 is 0.860 bits per heavy atom. The lowest BCUT2D eigenvalue weighted by Gasteiger charge is -2.14. The predicted octanol–water partition coefficient (Wildman–Crippen LogP) is 11.7. The van der Waals surface area contributed by atoms with Crippen LogP contribution in [0.5, 0.6) is 0 Å². The molecule has 0 aliphatic rings. The second-order valence-corrected chi connectivity index (χ2v) is 12.7. The zero-order valence-corrected chi connectivity index (χ0v) is 27.1. The molecule has 50 heavy (non-hydrogen) atoms. The molecule has 0 unspecified atom stereocenters. The van der Waals surface area contributed by atoms with Crippen molar-refractivity contribution in [1.29, 1.82) is 0 Å². The van der Waals surface area contributed by atoms with Gasteiger partial charge in [0.05, 0.1) is 33.6 Å². The summed E-state index contributed by atoms with van der Waals surface area (Å²) in [5.41, 5.74) is 12.9. The molecule has 10 aromatic rings. The summed E-state index contributed by atoms with van der Waals surface area (Å²) in [5, 5.41) is 4.77. The lowest BCUT2D eigenvalue weighted by Crippen LogP contribution is -1.98. The number of aromatic nitrogens is 4. The van der Waals surface area contributed by atoms with Gasteiger partial charge in [0.2, 0.25) is 0 Å². The number of para-hydroxylation sites is 2. The molecule has 0 N–H and O–H groups in total. The van der Waals surface area contributed by atoms with Gasteiger partial charge in [-0.25, -0.2) is 9.97 Å². The number of hydrogen-bond donors (Lipinski definition) is 0. The fraction of sp³-hybridized carbons (Fsp3) is 0. The van der Waals surface area contributed by atoms with Crippen LogP contribution in [0.3, 0.4) is 0 Å². The Morgan fingerprint density at radius 3 is 1.52 bits per heavy atom. The van der Waals surface area contributed by atoms with Crippen molar-refractivity contribution in [2.75, 3.05) is 0 Å². The molecule has 0 aliphatic heterocycles. The van der Waals surface area contributed by atoms with E-state index in [9.17, 15) is 0 Å². The Kier molecular flexibility index (Phi) is 6.46. The molecule has 0 radical (unpaired) electrons. The highest BCUT2D eigenvalue weighted by Crippen LogP contribution is 2.38. The van der Waals surface area contributed by atoms with Gasteiger partial charge in [-0.15, -0.1) is 0 Å². The van der Waals surface area contributed by atoms with Gasteiger partial charge in [0.25, 0.3) is 0 Å². The molecule has 6 aromatic carbocycles. The number of rotatable bonds is 5. The summed E-state index contributed by atoms with van der Waals surface area (Å²) in [6.45, 7) is 0. The van der Waals surface area contributed by atoms with E-state index in [1.807, 2.05) is 24.4 Å². The first kappa shape index (κ1) is 28.3. The molecule has 4 heteroatoms. The lowest BCUT2D eigenvalue weighted by atomic mass is 10.0. The molecule has 10 rings (SSSR count). The first-order valence-corrected chi connectivity index (χ1v) is 16.9. The summed E-state index contributed by atoms with van der Waals surface area (Å²) in [6.07, 6.45) is 1.87. The maximum absolute atomic E-state index is 5.17. The average molecular weight is 639 g/mol. The van der Waals surface area contributed by atoms with Crippen LogP contribution < -0.4 is 0 Å². The highest BCUT2D eigenvalue weighted by atomic mass is 15.0. The van der Waals surface area contributed by atoms with Crippen molar-refractivity contribution in [3.8, 4) is 45.0 Å². The Hall–Kier alpha value is -6.78. The third kappa shape index (κ3) is 4.54. The fourth-order valence-corrected chi connectivity index (χ4v) is 7.45. The molecule has 0 aliphatic carbocycles. The summed E-state index contributed by atoms with van der Waals surface area (Å²) in [6, 6.07) is 62.4.